The van der Waals surface area contributed by atoms with Gasteiger partial charge in [-0.05, 0) is 24.6 Å². The van der Waals surface area contributed by atoms with Gasteiger partial charge in [-0.2, -0.15) is 0 Å². The first-order valence-corrected chi connectivity index (χ1v) is 6.65. The van der Waals surface area contributed by atoms with Gasteiger partial charge in [0.15, 0.2) is 0 Å². The van der Waals surface area contributed by atoms with Crippen LogP contribution in [0.1, 0.15) is 24.4 Å². The molecule has 3 rings (SSSR count). The van der Waals surface area contributed by atoms with E-state index in [2.05, 4.69) is 39.6 Å². The maximum atomic E-state index is 4.38. The first-order chi connectivity index (χ1) is 9.75. The topological polar surface area (TPSA) is 55.6 Å². The fourth-order valence-electron chi connectivity index (χ4n) is 2.35. The Balaban J connectivity index is 1.79. The second-order valence-corrected chi connectivity index (χ2v) is 4.89. The third-order valence-electron chi connectivity index (χ3n) is 3.47. The number of nitrogens with one attached hydrogen (secondary N) is 1. The third kappa shape index (κ3) is 2.40. The number of hydrogen-bond acceptors (Lipinski definition) is 4. The van der Waals surface area contributed by atoms with E-state index in [1.54, 1.807) is 6.33 Å². The summed E-state index contributed by atoms with van der Waals surface area (Å²) in [6, 6.07) is 10.4. The lowest BCUT2D eigenvalue weighted by Gasteiger charge is -2.14. The molecule has 5 heteroatoms. The Labute approximate surface area is 117 Å². The highest BCUT2D eigenvalue weighted by atomic mass is 15.3. The predicted octanol–water partition coefficient (Wildman–Crippen LogP) is 2.21. The molecule has 1 N–H and O–H groups in total. The largest absolute Gasteiger partial charge is 0.319 e. The second kappa shape index (κ2) is 5.38. The van der Waals surface area contributed by atoms with E-state index in [9.17, 15) is 0 Å². The summed E-state index contributed by atoms with van der Waals surface area (Å²) in [7, 11) is 1.95. The smallest absolute Gasteiger partial charge is 0.149 e. The van der Waals surface area contributed by atoms with Gasteiger partial charge in [0.05, 0.1) is 11.6 Å². The summed E-state index contributed by atoms with van der Waals surface area (Å²) in [5.74, 6) is 0.934. The first kappa shape index (κ1) is 12.7. The molecular weight excluding hydrogens is 250 g/mol. The van der Waals surface area contributed by atoms with E-state index in [0.29, 0.717) is 0 Å². The molecule has 0 aliphatic heterocycles. The highest BCUT2D eigenvalue weighted by Crippen LogP contribution is 2.17. The monoisotopic (exact) mass is 267 g/mol. The minimum atomic E-state index is 0.148. The van der Waals surface area contributed by atoms with Crippen LogP contribution in [0.5, 0.6) is 0 Å². The van der Waals surface area contributed by atoms with Gasteiger partial charge in [0.1, 0.15) is 12.2 Å². The van der Waals surface area contributed by atoms with Crippen LogP contribution in [0.15, 0.2) is 42.9 Å². The standard InChI is InChI=1S/C15H17N5/c1-11(15-19-18-10-20(15)2)17-9-12-7-8-16-14-6-4-3-5-13(12)14/h3-8,10-11,17H,9H2,1-2H3. The zero-order valence-corrected chi connectivity index (χ0v) is 11.6. The van der Waals surface area contributed by atoms with Crippen molar-refractivity contribution in [1.82, 2.24) is 25.1 Å². The van der Waals surface area contributed by atoms with Gasteiger partial charge in [0.25, 0.3) is 0 Å². The van der Waals surface area contributed by atoms with Crippen molar-refractivity contribution in [3.8, 4) is 0 Å². The van der Waals surface area contributed by atoms with Crippen LogP contribution < -0.4 is 5.32 Å². The van der Waals surface area contributed by atoms with Crippen LogP contribution in [0.4, 0.5) is 0 Å². The summed E-state index contributed by atoms with van der Waals surface area (Å²) in [4.78, 5) is 4.38. The van der Waals surface area contributed by atoms with Gasteiger partial charge >= 0.3 is 0 Å². The number of aryl methyl sites for hydroxylation is 1. The predicted molar refractivity (Wildman–Crippen MR) is 78.0 cm³/mol. The van der Waals surface area contributed by atoms with Crippen LogP contribution >= 0.6 is 0 Å². The molecule has 2 aromatic heterocycles. The van der Waals surface area contributed by atoms with Gasteiger partial charge in [-0.25, -0.2) is 0 Å². The Kier molecular flexibility index (Phi) is 3.43. The summed E-state index contributed by atoms with van der Waals surface area (Å²) in [5, 5.41) is 12.7. The van der Waals surface area contributed by atoms with Crippen molar-refractivity contribution in [2.45, 2.75) is 19.5 Å². The van der Waals surface area contributed by atoms with E-state index in [1.165, 1.54) is 10.9 Å². The molecule has 0 bridgehead atoms. The van der Waals surface area contributed by atoms with Crippen LogP contribution in [0, 0.1) is 0 Å². The SMILES string of the molecule is CC(NCc1ccnc2ccccc12)c1nncn1C. The van der Waals surface area contributed by atoms with Gasteiger partial charge in [0.2, 0.25) is 0 Å². The molecule has 0 aliphatic rings. The maximum Gasteiger partial charge on any atom is 0.149 e. The van der Waals surface area contributed by atoms with Crippen molar-refractivity contribution in [2.24, 2.45) is 7.05 Å². The molecule has 1 atom stereocenters. The third-order valence-corrected chi connectivity index (χ3v) is 3.47. The molecule has 0 aliphatic carbocycles. The van der Waals surface area contributed by atoms with Gasteiger partial charge in [0, 0.05) is 25.2 Å². The molecule has 1 unspecified atom stereocenters. The summed E-state index contributed by atoms with van der Waals surface area (Å²) >= 11 is 0. The Hall–Kier alpha value is -2.27. The van der Waals surface area contributed by atoms with Crippen molar-refractivity contribution in [1.29, 1.82) is 0 Å². The molecule has 0 radical (unpaired) electrons. The Morgan fingerprint density at radius 3 is 2.90 bits per heavy atom. The molecule has 1 aromatic carbocycles. The Morgan fingerprint density at radius 1 is 1.25 bits per heavy atom. The number of benzene rings is 1. The second-order valence-electron chi connectivity index (χ2n) is 4.89. The average molecular weight is 267 g/mol. The van der Waals surface area contributed by atoms with Crippen molar-refractivity contribution in [3.05, 3.63) is 54.2 Å². The number of pyridine rings is 1. The molecule has 2 heterocycles. The zero-order chi connectivity index (χ0) is 13.9. The minimum Gasteiger partial charge on any atom is -0.319 e. The molecule has 102 valence electrons. The summed E-state index contributed by atoms with van der Waals surface area (Å²) in [6.07, 6.45) is 3.57. The normalized spacial score (nSPS) is 12.7. The fourth-order valence-corrected chi connectivity index (χ4v) is 2.35. The first-order valence-electron chi connectivity index (χ1n) is 6.65. The summed E-state index contributed by atoms with van der Waals surface area (Å²) in [6.45, 7) is 2.87. The summed E-state index contributed by atoms with van der Waals surface area (Å²) < 4.78 is 1.93. The van der Waals surface area contributed by atoms with E-state index in [-0.39, 0.29) is 6.04 Å². The molecule has 0 saturated carbocycles. The summed E-state index contributed by atoms with van der Waals surface area (Å²) in [5.41, 5.74) is 2.27. The van der Waals surface area contributed by atoms with Gasteiger partial charge in [-0.15, -0.1) is 10.2 Å². The molecule has 0 amide bonds. The molecule has 3 aromatic rings. The van der Waals surface area contributed by atoms with E-state index < -0.39 is 0 Å². The van der Waals surface area contributed by atoms with Crippen LogP contribution in [0.3, 0.4) is 0 Å². The molecular formula is C15H17N5. The number of aromatic nitrogens is 4. The highest BCUT2D eigenvalue weighted by molar-refractivity contribution is 5.81. The lowest BCUT2D eigenvalue weighted by molar-refractivity contribution is 0.529. The van der Waals surface area contributed by atoms with Gasteiger partial charge in [-0.3, -0.25) is 4.98 Å². The molecule has 5 nitrogen and oxygen atoms in total. The van der Waals surface area contributed by atoms with E-state index in [1.807, 2.05) is 36.0 Å². The van der Waals surface area contributed by atoms with E-state index in [0.717, 1.165) is 17.9 Å². The van der Waals surface area contributed by atoms with Crippen LogP contribution in [0.25, 0.3) is 10.9 Å². The molecule has 0 spiro atoms. The van der Waals surface area contributed by atoms with E-state index in [4.69, 9.17) is 0 Å². The number of nitrogens with zero attached hydrogens (tertiary/aromatic N) is 4. The lowest BCUT2D eigenvalue weighted by atomic mass is 10.1. The lowest BCUT2D eigenvalue weighted by Crippen LogP contribution is -2.21. The fraction of sp³-hybridized carbons (Fsp3) is 0.267. The number of para-hydroxylation sites is 1. The van der Waals surface area contributed by atoms with Crippen molar-refractivity contribution >= 4 is 10.9 Å². The molecule has 0 saturated heterocycles. The van der Waals surface area contributed by atoms with Crippen molar-refractivity contribution < 1.29 is 0 Å². The maximum absolute atomic E-state index is 4.38. The van der Waals surface area contributed by atoms with Crippen LogP contribution in [-0.4, -0.2) is 19.7 Å². The number of fused-ring (bicyclic) bond motifs is 1. The molecule has 0 fully saturated rings. The quantitative estimate of drug-likeness (QED) is 0.787. The Bertz CT molecular complexity index is 714. The number of hydrogen-bond donors (Lipinski definition) is 1. The van der Waals surface area contributed by atoms with Crippen LogP contribution in [0.2, 0.25) is 0 Å². The van der Waals surface area contributed by atoms with Gasteiger partial charge < -0.3 is 9.88 Å². The van der Waals surface area contributed by atoms with Crippen molar-refractivity contribution in [2.75, 3.05) is 0 Å². The Morgan fingerprint density at radius 2 is 2.10 bits per heavy atom. The minimum absolute atomic E-state index is 0.148. The van der Waals surface area contributed by atoms with E-state index >= 15 is 0 Å². The molecule has 20 heavy (non-hydrogen) atoms. The average Bonchev–Trinajstić information content (AvgIpc) is 2.91. The highest BCUT2D eigenvalue weighted by Gasteiger charge is 2.11. The van der Waals surface area contributed by atoms with Crippen LogP contribution in [-0.2, 0) is 13.6 Å². The number of rotatable bonds is 4. The zero-order valence-electron chi connectivity index (χ0n) is 11.6. The van der Waals surface area contributed by atoms with Gasteiger partial charge in [-0.1, -0.05) is 18.2 Å². The van der Waals surface area contributed by atoms with Crippen molar-refractivity contribution in [3.63, 3.8) is 0 Å².